The number of esters is 1. The van der Waals surface area contributed by atoms with Gasteiger partial charge in [-0.15, -0.1) is 11.3 Å². The number of hydrogen-bond acceptors (Lipinski definition) is 5. The summed E-state index contributed by atoms with van der Waals surface area (Å²) in [5, 5.41) is 3.37. The quantitative estimate of drug-likeness (QED) is 0.820. The summed E-state index contributed by atoms with van der Waals surface area (Å²) in [6.07, 6.45) is 2.69. The van der Waals surface area contributed by atoms with Crippen molar-refractivity contribution >= 4 is 23.0 Å². The lowest BCUT2D eigenvalue weighted by Crippen LogP contribution is -2.07. The first-order chi connectivity index (χ1) is 9.70. The zero-order chi connectivity index (χ0) is 14.4. The van der Waals surface area contributed by atoms with Gasteiger partial charge in [0.2, 0.25) is 0 Å². The molecule has 0 saturated carbocycles. The highest BCUT2D eigenvalue weighted by atomic mass is 32.1. The molecule has 20 heavy (non-hydrogen) atoms. The van der Waals surface area contributed by atoms with Crippen LogP contribution in [0.2, 0.25) is 0 Å². The number of ether oxygens (including phenoxy) is 1. The lowest BCUT2D eigenvalue weighted by molar-refractivity contribution is 0.0505. The van der Waals surface area contributed by atoms with Crippen molar-refractivity contribution in [2.75, 3.05) is 11.9 Å². The Morgan fingerprint density at radius 2 is 2.15 bits per heavy atom. The van der Waals surface area contributed by atoms with Gasteiger partial charge in [-0.05, 0) is 37.6 Å². The first-order valence-corrected chi connectivity index (χ1v) is 7.50. The minimum atomic E-state index is -0.270. The summed E-state index contributed by atoms with van der Waals surface area (Å²) in [5.41, 5.74) is 3.37. The molecule has 0 fully saturated rings. The molecule has 0 saturated heterocycles. The molecule has 1 aromatic carbocycles. The molecule has 4 nitrogen and oxygen atoms in total. The smallest absolute Gasteiger partial charge is 0.338 e. The van der Waals surface area contributed by atoms with E-state index in [1.54, 1.807) is 23.5 Å². The van der Waals surface area contributed by atoms with Gasteiger partial charge >= 0.3 is 5.97 Å². The maximum Gasteiger partial charge on any atom is 0.338 e. The Balaban J connectivity index is 1.96. The fourth-order valence-electron chi connectivity index (χ4n) is 1.74. The van der Waals surface area contributed by atoms with Gasteiger partial charge in [-0.25, -0.2) is 4.79 Å². The van der Waals surface area contributed by atoms with Crippen molar-refractivity contribution < 1.29 is 9.53 Å². The van der Waals surface area contributed by atoms with Crippen LogP contribution >= 0.6 is 11.3 Å². The number of nitrogens with one attached hydrogen (secondary N) is 1. The summed E-state index contributed by atoms with van der Waals surface area (Å²) >= 11 is 1.62. The van der Waals surface area contributed by atoms with Crippen LogP contribution in [0.25, 0.3) is 0 Å². The molecule has 1 atom stereocenters. The third kappa shape index (κ3) is 3.81. The standard InChI is InChI=1S/C15H18N2O2S/c1-3-8-19-15(18)12-4-6-13(7-5-12)17-11(2)14-9-16-10-20-14/h4-7,9-11,17H,3,8H2,1-2H3. The second-order valence-corrected chi connectivity index (χ2v) is 5.40. The van der Waals surface area contributed by atoms with Gasteiger partial charge in [0.25, 0.3) is 0 Å². The highest BCUT2D eigenvalue weighted by Crippen LogP contribution is 2.22. The van der Waals surface area contributed by atoms with Crippen LogP contribution in [-0.4, -0.2) is 17.6 Å². The Kier molecular flexibility index (Phi) is 5.12. The molecule has 5 heteroatoms. The van der Waals surface area contributed by atoms with Crippen LogP contribution in [0.3, 0.4) is 0 Å². The highest BCUT2D eigenvalue weighted by Gasteiger charge is 2.09. The Morgan fingerprint density at radius 1 is 1.40 bits per heavy atom. The minimum Gasteiger partial charge on any atom is -0.462 e. The number of carbonyl (C=O) groups excluding carboxylic acids is 1. The normalized spacial score (nSPS) is 11.9. The van der Waals surface area contributed by atoms with Gasteiger partial charge < -0.3 is 10.1 Å². The van der Waals surface area contributed by atoms with Crippen LogP contribution in [0.15, 0.2) is 36.0 Å². The third-order valence-electron chi connectivity index (χ3n) is 2.82. The number of aromatic nitrogens is 1. The molecule has 0 spiro atoms. The van der Waals surface area contributed by atoms with Crippen molar-refractivity contribution in [3.8, 4) is 0 Å². The first kappa shape index (κ1) is 14.5. The SMILES string of the molecule is CCCOC(=O)c1ccc(NC(C)c2cncs2)cc1. The maximum absolute atomic E-state index is 11.7. The van der Waals surface area contributed by atoms with E-state index < -0.39 is 0 Å². The van der Waals surface area contributed by atoms with Gasteiger partial charge in [0, 0.05) is 16.8 Å². The molecule has 2 aromatic rings. The molecule has 106 valence electrons. The van der Waals surface area contributed by atoms with Gasteiger partial charge in [0.15, 0.2) is 0 Å². The van der Waals surface area contributed by atoms with Crippen LogP contribution < -0.4 is 5.32 Å². The average Bonchev–Trinajstić information content (AvgIpc) is 3.00. The predicted molar refractivity (Wildman–Crippen MR) is 81.2 cm³/mol. The van der Waals surface area contributed by atoms with Crippen LogP contribution in [-0.2, 0) is 4.74 Å². The van der Waals surface area contributed by atoms with E-state index in [1.165, 1.54) is 4.88 Å². The molecule has 1 unspecified atom stereocenters. The Hall–Kier alpha value is -1.88. The third-order valence-corrected chi connectivity index (χ3v) is 3.78. The second-order valence-electron chi connectivity index (χ2n) is 4.48. The summed E-state index contributed by atoms with van der Waals surface area (Å²) in [7, 11) is 0. The van der Waals surface area contributed by atoms with Crippen molar-refractivity contribution in [1.82, 2.24) is 4.98 Å². The van der Waals surface area contributed by atoms with Crippen molar-refractivity contribution in [3.63, 3.8) is 0 Å². The van der Waals surface area contributed by atoms with E-state index in [0.29, 0.717) is 12.2 Å². The molecule has 0 bridgehead atoms. The van der Waals surface area contributed by atoms with E-state index in [1.807, 2.05) is 30.8 Å². The van der Waals surface area contributed by atoms with Crippen molar-refractivity contribution in [1.29, 1.82) is 0 Å². The lowest BCUT2D eigenvalue weighted by Gasteiger charge is -2.13. The van der Waals surface area contributed by atoms with E-state index in [4.69, 9.17) is 4.74 Å². The Morgan fingerprint density at radius 3 is 2.75 bits per heavy atom. The number of benzene rings is 1. The van der Waals surface area contributed by atoms with Crippen LogP contribution in [0.5, 0.6) is 0 Å². The van der Waals surface area contributed by atoms with Crippen LogP contribution in [0.4, 0.5) is 5.69 Å². The lowest BCUT2D eigenvalue weighted by atomic mass is 10.2. The summed E-state index contributed by atoms with van der Waals surface area (Å²) in [5.74, 6) is -0.270. The van der Waals surface area contributed by atoms with E-state index in [9.17, 15) is 4.79 Å². The molecule has 0 aliphatic carbocycles. The zero-order valence-corrected chi connectivity index (χ0v) is 12.4. The number of anilines is 1. The molecule has 0 amide bonds. The molecule has 1 N–H and O–H groups in total. The summed E-state index contributed by atoms with van der Waals surface area (Å²) < 4.78 is 5.09. The van der Waals surface area contributed by atoms with Crippen LogP contribution in [0.1, 0.15) is 41.5 Å². The minimum absolute atomic E-state index is 0.195. The number of carbonyl (C=O) groups is 1. The number of rotatable bonds is 6. The number of nitrogens with zero attached hydrogens (tertiary/aromatic N) is 1. The Bertz CT molecular complexity index is 538. The predicted octanol–water partition coefficient (Wildman–Crippen LogP) is 3.88. The fraction of sp³-hybridized carbons (Fsp3) is 0.333. The molecule has 0 aliphatic rings. The van der Waals surface area contributed by atoms with E-state index >= 15 is 0 Å². The van der Waals surface area contributed by atoms with Gasteiger partial charge in [0.1, 0.15) is 0 Å². The van der Waals surface area contributed by atoms with Crippen molar-refractivity contribution in [3.05, 3.63) is 46.4 Å². The van der Waals surface area contributed by atoms with E-state index in [-0.39, 0.29) is 12.0 Å². The van der Waals surface area contributed by atoms with Crippen molar-refractivity contribution in [2.45, 2.75) is 26.3 Å². The number of hydrogen-bond donors (Lipinski definition) is 1. The van der Waals surface area contributed by atoms with Gasteiger partial charge in [-0.2, -0.15) is 0 Å². The molecular formula is C15H18N2O2S. The highest BCUT2D eigenvalue weighted by molar-refractivity contribution is 7.09. The largest absolute Gasteiger partial charge is 0.462 e. The monoisotopic (exact) mass is 290 g/mol. The molecular weight excluding hydrogens is 272 g/mol. The molecule has 2 rings (SSSR count). The van der Waals surface area contributed by atoms with Gasteiger partial charge in [-0.3, -0.25) is 4.98 Å². The van der Waals surface area contributed by atoms with Crippen molar-refractivity contribution in [2.24, 2.45) is 0 Å². The second kappa shape index (κ2) is 7.05. The zero-order valence-electron chi connectivity index (χ0n) is 11.6. The van der Waals surface area contributed by atoms with Gasteiger partial charge in [0.05, 0.1) is 23.7 Å². The number of thiazole rings is 1. The van der Waals surface area contributed by atoms with E-state index in [0.717, 1.165) is 12.1 Å². The summed E-state index contributed by atoms with van der Waals surface area (Å²) in [4.78, 5) is 16.9. The maximum atomic E-state index is 11.7. The van der Waals surface area contributed by atoms with Crippen LogP contribution in [0, 0.1) is 0 Å². The summed E-state index contributed by atoms with van der Waals surface area (Å²) in [6.45, 7) is 4.51. The molecule has 1 heterocycles. The van der Waals surface area contributed by atoms with E-state index in [2.05, 4.69) is 17.2 Å². The fourth-order valence-corrected chi connectivity index (χ4v) is 2.37. The Labute approximate surface area is 122 Å². The summed E-state index contributed by atoms with van der Waals surface area (Å²) in [6, 6.07) is 7.53. The molecule has 1 aromatic heterocycles. The van der Waals surface area contributed by atoms with Gasteiger partial charge in [-0.1, -0.05) is 6.92 Å². The topological polar surface area (TPSA) is 51.2 Å². The average molecular weight is 290 g/mol. The first-order valence-electron chi connectivity index (χ1n) is 6.62. The molecule has 0 aliphatic heterocycles. The molecule has 0 radical (unpaired) electrons.